The van der Waals surface area contributed by atoms with Gasteiger partial charge in [-0.25, -0.2) is 4.98 Å². The van der Waals surface area contributed by atoms with Crippen molar-refractivity contribution in [3.8, 4) is 0 Å². The van der Waals surface area contributed by atoms with Gasteiger partial charge >= 0.3 is 0 Å². The SMILES string of the molecule is O=C(NC1CC1)c1noc([C@@H]2CCCN2Cc2nc3ccccc3o2)n1. The fourth-order valence-corrected chi connectivity index (χ4v) is 3.40. The molecule has 26 heavy (non-hydrogen) atoms. The third-order valence-corrected chi connectivity index (χ3v) is 4.88. The maximum Gasteiger partial charge on any atom is 0.292 e. The van der Waals surface area contributed by atoms with Gasteiger partial charge in [-0.1, -0.05) is 17.3 Å². The minimum absolute atomic E-state index is 0.0139. The fraction of sp³-hybridized carbons (Fsp3) is 0.444. The van der Waals surface area contributed by atoms with Gasteiger partial charge in [0.05, 0.1) is 12.6 Å². The van der Waals surface area contributed by atoms with Crippen molar-refractivity contribution in [2.24, 2.45) is 0 Å². The first kappa shape index (κ1) is 15.5. The van der Waals surface area contributed by atoms with Crippen LogP contribution in [0.3, 0.4) is 0 Å². The summed E-state index contributed by atoms with van der Waals surface area (Å²) in [5.74, 6) is 1.01. The number of likely N-dealkylation sites (tertiary alicyclic amines) is 1. The Morgan fingerprint density at radius 1 is 1.23 bits per heavy atom. The number of amides is 1. The quantitative estimate of drug-likeness (QED) is 0.752. The minimum Gasteiger partial charge on any atom is -0.439 e. The second-order valence-electron chi connectivity index (χ2n) is 6.91. The average molecular weight is 353 g/mol. The van der Waals surface area contributed by atoms with E-state index in [2.05, 4.69) is 25.3 Å². The lowest BCUT2D eigenvalue weighted by molar-refractivity contribution is 0.0937. The summed E-state index contributed by atoms with van der Waals surface area (Å²) in [6, 6.07) is 7.98. The number of para-hydroxylation sites is 2. The molecular formula is C18H19N5O3. The van der Waals surface area contributed by atoms with Crippen LogP contribution >= 0.6 is 0 Å². The fourth-order valence-electron chi connectivity index (χ4n) is 3.40. The summed E-state index contributed by atoms with van der Waals surface area (Å²) in [7, 11) is 0. The van der Waals surface area contributed by atoms with Crippen molar-refractivity contribution in [3.63, 3.8) is 0 Å². The van der Waals surface area contributed by atoms with E-state index in [0.717, 1.165) is 43.3 Å². The summed E-state index contributed by atoms with van der Waals surface area (Å²) in [6.45, 7) is 1.47. The molecule has 0 bridgehead atoms. The summed E-state index contributed by atoms with van der Waals surface area (Å²) in [5, 5.41) is 6.73. The number of hydrogen-bond donors (Lipinski definition) is 1. The van der Waals surface area contributed by atoms with E-state index in [1.807, 2.05) is 24.3 Å². The third kappa shape index (κ3) is 2.96. The van der Waals surface area contributed by atoms with Crippen LogP contribution in [0.5, 0.6) is 0 Å². The monoisotopic (exact) mass is 353 g/mol. The number of benzene rings is 1. The highest BCUT2D eigenvalue weighted by Crippen LogP contribution is 2.32. The topological polar surface area (TPSA) is 97.3 Å². The first-order chi connectivity index (χ1) is 12.8. The van der Waals surface area contributed by atoms with Crippen LogP contribution in [0.4, 0.5) is 0 Å². The molecule has 2 aliphatic rings. The van der Waals surface area contributed by atoms with E-state index in [1.165, 1.54) is 0 Å². The first-order valence-electron chi connectivity index (χ1n) is 8.99. The first-order valence-corrected chi connectivity index (χ1v) is 8.99. The van der Waals surface area contributed by atoms with Crippen LogP contribution in [0, 0.1) is 0 Å². The van der Waals surface area contributed by atoms with Crippen LogP contribution < -0.4 is 5.32 Å². The zero-order valence-corrected chi connectivity index (χ0v) is 14.2. The molecule has 1 aromatic carbocycles. The van der Waals surface area contributed by atoms with Gasteiger partial charge < -0.3 is 14.3 Å². The van der Waals surface area contributed by atoms with Gasteiger partial charge in [0.1, 0.15) is 5.52 Å². The number of carbonyl (C=O) groups excluding carboxylic acids is 1. The number of aromatic nitrogens is 3. The van der Waals surface area contributed by atoms with E-state index >= 15 is 0 Å². The number of hydrogen-bond acceptors (Lipinski definition) is 7. The highest BCUT2D eigenvalue weighted by molar-refractivity contribution is 5.90. The molecule has 2 aromatic heterocycles. The summed E-state index contributed by atoms with van der Waals surface area (Å²) < 4.78 is 11.2. The van der Waals surface area contributed by atoms with Crippen molar-refractivity contribution < 1.29 is 13.7 Å². The minimum atomic E-state index is -0.258. The summed E-state index contributed by atoms with van der Waals surface area (Å²) in [6.07, 6.45) is 3.98. The van der Waals surface area contributed by atoms with E-state index in [4.69, 9.17) is 8.94 Å². The van der Waals surface area contributed by atoms with Crippen molar-refractivity contribution in [1.82, 2.24) is 25.3 Å². The van der Waals surface area contributed by atoms with Crippen molar-refractivity contribution in [2.45, 2.75) is 44.3 Å². The summed E-state index contributed by atoms with van der Waals surface area (Å²) in [4.78, 5) is 23.1. The third-order valence-electron chi connectivity index (χ3n) is 4.88. The second kappa shape index (κ2) is 6.21. The lowest BCUT2D eigenvalue weighted by atomic mass is 10.2. The maximum atomic E-state index is 12.1. The zero-order chi connectivity index (χ0) is 17.5. The Kier molecular flexibility index (Phi) is 3.70. The number of nitrogens with one attached hydrogen (secondary N) is 1. The summed E-state index contributed by atoms with van der Waals surface area (Å²) >= 11 is 0. The predicted octanol–water partition coefficient (Wildman–Crippen LogP) is 2.44. The smallest absolute Gasteiger partial charge is 0.292 e. The molecule has 1 N–H and O–H groups in total. The van der Waals surface area contributed by atoms with Gasteiger partial charge in [-0.15, -0.1) is 0 Å². The van der Waals surface area contributed by atoms with Crippen LogP contribution in [0.25, 0.3) is 11.1 Å². The molecule has 1 saturated heterocycles. The lowest BCUT2D eigenvalue weighted by Crippen LogP contribution is -2.27. The molecule has 3 heterocycles. The molecule has 0 spiro atoms. The zero-order valence-electron chi connectivity index (χ0n) is 14.2. The average Bonchev–Trinajstić information content (AvgIpc) is 3.06. The van der Waals surface area contributed by atoms with E-state index in [-0.39, 0.29) is 23.8 Å². The van der Waals surface area contributed by atoms with Gasteiger partial charge in [-0.3, -0.25) is 9.69 Å². The number of nitrogens with zero attached hydrogens (tertiary/aromatic N) is 4. The lowest BCUT2D eigenvalue weighted by Gasteiger charge is -2.19. The molecule has 3 aromatic rings. The predicted molar refractivity (Wildman–Crippen MR) is 91.2 cm³/mol. The molecule has 1 aliphatic heterocycles. The largest absolute Gasteiger partial charge is 0.439 e. The molecule has 2 fully saturated rings. The Morgan fingerprint density at radius 2 is 2.12 bits per heavy atom. The van der Waals surface area contributed by atoms with Crippen LogP contribution in [-0.2, 0) is 6.54 Å². The van der Waals surface area contributed by atoms with Gasteiger partial charge in [0, 0.05) is 6.04 Å². The molecule has 8 nitrogen and oxygen atoms in total. The van der Waals surface area contributed by atoms with Crippen LogP contribution in [0.15, 0.2) is 33.2 Å². The molecule has 134 valence electrons. The molecule has 0 radical (unpaired) electrons. The molecule has 5 rings (SSSR count). The molecule has 1 aliphatic carbocycles. The van der Waals surface area contributed by atoms with Crippen LogP contribution in [-0.4, -0.2) is 38.5 Å². The maximum absolute atomic E-state index is 12.1. The van der Waals surface area contributed by atoms with Crippen molar-refractivity contribution in [1.29, 1.82) is 0 Å². The van der Waals surface area contributed by atoms with Gasteiger partial charge in [0.25, 0.3) is 11.7 Å². The Hall–Kier alpha value is -2.74. The molecule has 1 saturated carbocycles. The van der Waals surface area contributed by atoms with Crippen molar-refractivity contribution in [2.75, 3.05) is 6.54 Å². The van der Waals surface area contributed by atoms with Crippen LogP contribution in [0.1, 0.15) is 54.1 Å². The van der Waals surface area contributed by atoms with Crippen LogP contribution in [0.2, 0.25) is 0 Å². The Labute approximate surface area is 149 Å². The molecular weight excluding hydrogens is 334 g/mol. The van der Waals surface area contributed by atoms with Gasteiger partial charge in [0.15, 0.2) is 5.58 Å². The Morgan fingerprint density at radius 3 is 2.96 bits per heavy atom. The molecule has 1 amide bonds. The highest BCUT2D eigenvalue weighted by Gasteiger charge is 2.33. The normalized spacial score (nSPS) is 20.7. The van der Waals surface area contributed by atoms with Crippen molar-refractivity contribution >= 4 is 17.0 Å². The number of oxazole rings is 1. The standard InChI is InChI=1S/C18H19N5O3/c24-17(19-11-7-8-11)16-21-18(26-22-16)13-5-3-9-23(13)10-15-20-12-4-1-2-6-14(12)25-15/h1-2,4,6,11,13H,3,5,7-10H2,(H,19,24)/t13-/m0/s1. The van der Waals surface area contributed by atoms with Crippen molar-refractivity contribution in [3.05, 3.63) is 41.9 Å². The number of fused-ring (bicyclic) bond motifs is 1. The Balaban J connectivity index is 1.32. The molecule has 8 heteroatoms. The van der Waals surface area contributed by atoms with E-state index in [9.17, 15) is 4.79 Å². The van der Waals surface area contributed by atoms with Gasteiger partial charge in [-0.2, -0.15) is 4.98 Å². The van der Waals surface area contributed by atoms with E-state index in [1.54, 1.807) is 0 Å². The highest BCUT2D eigenvalue weighted by atomic mass is 16.5. The Bertz CT molecular complexity index is 912. The summed E-state index contributed by atoms with van der Waals surface area (Å²) in [5.41, 5.74) is 1.64. The van der Waals surface area contributed by atoms with Gasteiger partial charge in [-0.05, 0) is 44.4 Å². The molecule has 1 atom stereocenters. The van der Waals surface area contributed by atoms with Gasteiger partial charge in [0.2, 0.25) is 11.8 Å². The molecule has 0 unspecified atom stereocenters. The number of carbonyl (C=O) groups is 1. The van der Waals surface area contributed by atoms with E-state index < -0.39 is 0 Å². The number of rotatable bonds is 5. The second-order valence-corrected chi connectivity index (χ2v) is 6.91. The van der Waals surface area contributed by atoms with E-state index in [0.29, 0.717) is 18.3 Å².